The maximum atomic E-state index is 5.49. The Hall–Kier alpha value is -0.0800. The van der Waals surface area contributed by atoms with Gasteiger partial charge in [-0.3, -0.25) is 0 Å². The average Bonchev–Trinajstić information content (AvgIpc) is 2.88. The fourth-order valence-electron chi connectivity index (χ4n) is 7.34. The van der Waals surface area contributed by atoms with Crippen molar-refractivity contribution in [2.45, 2.75) is 84.2 Å². The maximum absolute atomic E-state index is 5.49. The first-order chi connectivity index (χ1) is 10.1. The highest BCUT2D eigenvalue weighted by molar-refractivity contribution is 5.07. The highest BCUT2D eigenvalue weighted by atomic mass is 16.6. The zero-order valence-corrected chi connectivity index (χ0v) is 13.9. The molecule has 0 aliphatic heterocycles. The summed E-state index contributed by atoms with van der Waals surface area (Å²) in [5.74, 6) is 9.42. The van der Waals surface area contributed by atoms with E-state index in [1.54, 1.807) is 0 Å². The molecule has 7 atom stereocenters. The molecule has 0 aromatic heterocycles. The van der Waals surface area contributed by atoms with Crippen molar-refractivity contribution in [1.29, 1.82) is 0 Å². The number of rotatable bonds is 1. The average molecular weight is 291 g/mol. The summed E-state index contributed by atoms with van der Waals surface area (Å²) >= 11 is 0. The van der Waals surface area contributed by atoms with E-state index in [1.807, 2.05) is 0 Å². The molecular weight excluding hydrogens is 258 g/mol. The van der Waals surface area contributed by atoms with Crippen LogP contribution in [0.2, 0.25) is 0 Å². The lowest BCUT2D eigenvalue weighted by Crippen LogP contribution is -2.53. The Bertz CT molecular complexity index is 410. The van der Waals surface area contributed by atoms with Crippen LogP contribution in [0, 0.1) is 34.5 Å². The van der Waals surface area contributed by atoms with E-state index < -0.39 is 0 Å². The lowest BCUT2D eigenvalue weighted by molar-refractivity contribution is -0.130. The molecule has 0 amide bonds. The van der Waals surface area contributed by atoms with Crippen molar-refractivity contribution in [2.75, 3.05) is 0 Å². The van der Waals surface area contributed by atoms with Crippen LogP contribution < -0.4 is 5.90 Å². The summed E-state index contributed by atoms with van der Waals surface area (Å²) < 4.78 is 0. The summed E-state index contributed by atoms with van der Waals surface area (Å²) in [6.45, 7) is 5.23. The van der Waals surface area contributed by atoms with Crippen molar-refractivity contribution in [3.8, 4) is 0 Å². The Morgan fingerprint density at radius 2 is 1.76 bits per heavy atom. The van der Waals surface area contributed by atoms with Crippen LogP contribution in [-0.2, 0) is 4.84 Å². The van der Waals surface area contributed by atoms with Crippen molar-refractivity contribution in [1.82, 2.24) is 0 Å². The molecule has 0 saturated heterocycles. The Morgan fingerprint density at radius 1 is 0.905 bits per heavy atom. The molecule has 4 saturated carbocycles. The van der Waals surface area contributed by atoms with Crippen molar-refractivity contribution in [2.24, 2.45) is 40.4 Å². The summed E-state index contributed by atoms with van der Waals surface area (Å²) in [5, 5.41) is 0. The molecule has 4 fully saturated rings. The van der Waals surface area contributed by atoms with E-state index in [1.165, 1.54) is 64.2 Å². The number of fused-ring (bicyclic) bond motifs is 5. The van der Waals surface area contributed by atoms with Crippen LogP contribution in [-0.4, -0.2) is 6.10 Å². The molecule has 2 nitrogen and oxygen atoms in total. The van der Waals surface area contributed by atoms with E-state index in [4.69, 9.17) is 10.7 Å². The number of nitrogens with two attached hydrogens (primary N) is 1. The second-order valence-electron chi connectivity index (χ2n) is 9.27. The van der Waals surface area contributed by atoms with Gasteiger partial charge in [-0.1, -0.05) is 20.3 Å². The van der Waals surface area contributed by atoms with Crippen LogP contribution in [0.25, 0.3) is 0 Å². The quantitative estimate of drug-likeness (QED) is 0.712. The summed E-state index contributed by atoms with van der Waals surface area (Å²) in [6, 6.07) is 0. The summed E-state index contributed by atoms with van der Waals surface area (Å²) in [6.07, 6.45) is 14.5. The molecule has 4 aliphatic rings. The first kappa shape index (κ1) is 14.5. The molecule has 0 aromatic carbocycles. The van der Waals surface area contributed by atoms with Gasteiger partial charge in [0.15, 0.2) is 0 Å². The predicted molar refractivity (Wildman–Crippen MR) is 85.4 cm³/mol. The van der Waals surface area contributed by atoms with Crippen LogP contribution >= 0.6 is 0 Å². The molecule has 0 spiro atoms. The Kier molecular flexibility index (Phi) is 3.43. The van der Waals surface area contributed by atoms with Crippen LogP contribution in [0.1, 0.15) is 78.1 Å². The van der Waals surface area contributed by atoms with Gasteiger partial charge in [0.1, 0.15) is 0 Å². The molecule has 0 radical (unpaired) electrons. The molecule has 0 bridgehead atoms. The van der Waals surface area contributed by atoms with Gasteiger partial charge in [-0.05, 0) is 92.3 Å². The van der Waals surface area contributed by atoms with Gasteiger partial charge >= 0.3 is 0 Å². The van der Waals surface area contributed by atoms with Crippen LogP contribution in [0.3, 0.4) is 0 Å². The van der Waals surface area contributed by atoms with Gasteiger partial charge in [-0.15, -0.1) is 0 Å². The summed E-state index contributed by atoms with van der Waals surface area (Å²) in [7, 11) is 0. The molecular formula is C19H33NO. The van der Waals surface area contributed by atoms with Crippen molar-refractivity contribution >= 4 is 0 Å². The van der Waals surface area contributed by atoms with E-state index >= 15 is 0 Å². The third-order valence-corrected chi connectivity index (χ3v) is 8.59. The fraction of sp³-hybridized carbons (Fsp3) is 1.00. The smallest absolute Gasteiger partial charge is 0.0790 e. The van der Waals surface area contributed by atoms with E-state index in [2.05, 4.69) is 13.8 Å². The minimum atomic E-state index is 0.333. The lowest BCUT2D eigenvalue weighted by Gasteiger charge is -2.60. The second kappa shape index (κ2) is 4.96. The third-order valence-electron chi connectivity index (χ3n) is 8.59. The predicted octanol–water partition coefficient (Wildman–Crippen LogP) is 4.68. The summed E-state index contributed by atoms with van der Waals surface area (Å²) in [5.41, 5.74) is 1.28. The lowest BCUT2D eigenvalue weighted by atomic mass is 9.45. The maximum Gasteiger partial charge on any atom is 0.0790 e. The Balaban J connectivity index is 1.59. The van der Waals surface area contributed by atoms with Gasteiger partial charge in [-0.2, -0.15) is 0 Å². The highest BCUT2D eigenvalue weighted by Crippen LogP contribution is 2.66. The van der Waals surface area contributed by atoms with Gasteiger partial charge in [0.05, 0.1) is 6.10 Å². The molecule has 2 heteroatoms. The van der Waals surface area contributed by atoms with Gasteiger partial charge in [0.2, 0.25) is 0 Å². The molecule has 120 valence electrons. The van der Waals surface area contributed by atoms with Crippen molar-refractivity contribution in [3.05, 3.63) is 0 Å². The SMILES string of the molecule is CC12CCC(ON)CC1CCC1C2CCC2(C)CCC[C@@H]12. The zero-order valence-electron chi connectivity index (χ0n) is 13.9. The molecule has 2 N–H and O–H groups in total. The van der Waals surface area contributed by atoms with Crippen molar-refractivity contribution < 1.29 is 4.84 Å². The summed E-state index contributed by atoms with van der Waals surface area (Å²) in [4.78, 5) is 5.21. The first-order valence-electron chi connectivity index (χ1n) is 9.42. The van der Waals surface area contributed by atoms with Gasteiger partial charge in [0, 0.05) is 0 Å². The first-order valence-corrected chi connectivity index (χ1v) is 9.42. The Labute approximate surface area is 130 Å². The number of hydrogen-bond donors (Lipinski definition) is 1. The van der Waals surface area contributed by atoms with E-state index in [-0.39, 0.29) is 0 Å². The second-order valence-corrected chi connectivity index (χ2v) is 9.27. The zero-order chi connectivity index (χ0) is 14.7. The molecule has 4 rings (SSSR count). The van der Waals surface area contributed by atoms with Crippen LogP contribution in [0.15, 0.2) is 0 Å². The van der Waals surface area contributed by atoms with E-state index in [9.17, 15) is 0 Å². The standard InChI is InChI=1S/C19H33NO/c1-18-9-3-4-16(18)15-6-5-13-12-14(21-20)7-11-19(13,2)17(15)8-10-18/h13-17H,3-12,20H2,1-2H3/t13?,14?,15?,16-,17?,18?,19?/m0/s1. The van der Waals surface area contributed by atoms with Gasteiger partial charge in [-0.25, -0.2) is 5.90 Å². The monoisotopic (exact) mass is 291 g/mol. The Morgan fingerprint density at radius 3 is 2.57 bits per heavy atom. The third kappa shape index (κ3) is 2.05. The van der Waals surface area contributed by atoms with Gasteiger partial charge < -0.3 is 4.84 Å². The minimum Gasteiger partial charge on any atom is -0.301 e. The highest BCUT2D eigenvalue weighted by Gasteiger charge is 2.57. The molecule has 6 unspecified atom stereocenters. The minimum absolute atomic E-state index is 0.333. The largest absolute Gasteiger partial charge is 0.301 e. The van der Waals surface area contributed by atoms with Gasteiger partial charge in [0.25, 0.3) is 0 Å². The normalized spacial score (nSPS) is 56.4. The fourth-order valence-corrected chi connectivity index (χ4v) is 7.34. The molecule has 21 heavy (non-hydrogen) atoms. The van der Waals surface area contributed by atoms with Crippen LogP contribution in [0.5, 0.6) is 0 Å². The molecule has 0 aromatic rings. The topological polar surface area (TPSA) is 35.2 Å². The van der Waals surface area contributed by atoms with Crippen LogP contribution in [0.4, 0.5) is 0 Å². The van der Waals surface area contributed by atoms with Crippen molar-refractivity contribution in [3.63, 3.8) is 0 Å². The molecule has 0 heterocycles. The number of hydrogen-bond acceptors (Lipinski definition) is 2. The van der Waals surface area contributed by atoms with E-state index in [0.717, 1.165) is 23.7 Å². The van der Waals surface area contributed by atoms with E-state index in [0.29, 0.717) is 16.9 Å². The molecule has 4 aliphatic carbocycles.